The van der Waals surface area contributed by atoms with Gasteiger partial charge in [-0.25, -0.2) is 0 Å². The lowest BCUT2D eigenvalue weighted by Gasteiger charge is -2.13. The zero-order valence-corrected chi connectivity index (χ0v) is 8.23. The first-order valence-electron chi connectivity index (χ1n) is 4.17. The Labute approximate surface area is 78.5 Å². The van der Waals surface area contributed by atoms with Crippen molar-refractivity contribution in [3.05, 3.63) is 34.3 Å². The molecule has 0 aliphatic rings. The third-order valence-corrected chi connectivity index (χ3v) is 2.41. The molecule has 1 nitrogen and oxygen atoms in total. The fourth-order valence-electron chi connectivity index (χ4n) is 1.32. The Morgan fingerprint density at radius 2 is 2.17 bits per heavy atom. The lowest BCUT2D eigenvalue weighted by molar-refractivity contribution is 0.694. The SMILES string of the molecule is CCC(N)c1c(C)cccc1Cl. The maximum Gasteiger partial charge on any atom is 0.0456 e. The first-order chi connectivity index (χ1) is 5.66. The second-order valence-electron chi connectivity index (χ2n) is 2.99. The summed E-state index contributed by atoms with van der Waals surface area (Å²) >= 11 is 6.02. The van der Waals surface area contributed by atoms with Gasteiger partial charge in [0.15, 0.2) is 0 Å². The van der Waals surface area contributed by atoms with E-state index in [0.29, 0.717) is 0 Å². The topological polar surface area (TPSA) is 26.0 Å². The maximum absolute atomic E-state index is 6.02. The lowest BCUT2D eigenvalue weighted by atomic mass is 10.0. The predicted octanol–water partition coefficient (Wildman–Crippen LogP) is 3.06. The van der Waals surface area contributed by atoms with Gasteiger partial charge in [-0.3, -0.25) is 0 Å². The molecule has 2 heteroatoms. The van der Waals surface area contributed by atoms with Crippen LogP contribution in [0, 0.1) is 6.92 Å². The highest BCUT2D eigenvalue weighted by Gasteiger charge is 2.09. The fourth-order valence-corrected chi connectivity index (χ4v) is 1.68. The predicted molar refractivity (Wildman–Crippen MR) is 53.4 cm³/mol. The third-order valence-electron chi connectivity index (χ3n) is 2.08. The summed E-state index contributed by atoms with van der Waals surface area (Å²) in [6.07, 6.45) is 0.921. The summed E-state index contributed by atoms with van der Waals surface area (Å²) in [6.45, 7) is 4.10. The second-order valence-corrected chi connectivity index (χ2v) is 3.39. The minimum atomic E-state index is 0.0682. The molecule has 1 aromatic rings. The smallest absolute Gasteiger partial charge is 0.0456 e. The molecule has 0 saturated carbocycles. The summed E-state index contributed by atoms with van der Waals surface area (Å²) in [5.74, 6) is 0. The molecule has 0 fully saturated rings. The summed E-state index contributed by atoms with van der Waals surface area (Å²) in [6, 6.07) is 5.94. The van der Waals surface area contributed by atoms with Crippen LogP contribution >= 0.6 is 11.6 Å². The standard InChI is InChI=1S/C10H14ClN/c1-3-9(12)10-7(2)5-4-6-8(10)11/h4-6,9H,3,12H2,1-2H3. The van der Waals surface area contributed by atoms with Crippen LogP contribution in [-0.2, 0) is 0 Å². The molecule has 0 radical (unpaired) electrons. The Balaban J connectivity index is 3.12. The van der Waals surface area contributed by atoms with E-state index in [2.05, 4.69) is 6.92 Å². The second kappa shape index (κ2) is 3.92. The number of benzene rings is 1. The molecule has 1 aromatic carbocycles. The van der Waals surface area contributed by atoms with Gasteiger partial charge in [0.05, 0.1) is 0 Å². The van der Waals surface area contributed by atoms with Crippen molar-refractivity contribution in [2.45, 2.75) is 26.3 Å². The summed E-state index contributed by atoms with van der Waals surface area (Å²) < 4.78 is 0. The quantitative estimate of drug-likeness (QED) is 0.750. The molecule has 0 aliphatic carbocycles. The molecular formula is C10H14ClN. The van der Waals surface area contributed by atoms with Crippen LogP contribution in [0.1, 0.15) is 30.5 Å². The van der Waals surface area contributed by atoms with E-state index in [1.165, 1.54) is 5.56 Å². The highest BCUT2D eigenvalue weighted by Crippen LogP contribution is 2.26. The van der Waals surface area contributed by atoms with Crippen molar-refractivity contribution in [1.82, 2.24) is 0 Å². The van der Waals surface area contributed by atoms with Crippen molar-refractivity contribution in [2.24, 2.45) is 5.73 Å². The highest BCUT2D eigenvalue weighted by atomic mass is 35.5. The molecule has 1 rings (SSSR count). The van der Waals surface area contributed by atoms with Crippen LogP contribution in [0.3, 0.4) is 0 Å². The number of hydrogen-bond acceptors (Lipinski definition) is 1. The van der Waals surface area contributed by atoms with Crippen LogP contribution in [0.5, 0.6) is 0 Å². The van der Waals surface area contributed by atoms with E-state index < -0.39 is 0 Å². The number of rotatable bonds is 2. The van der Waals surface area contributed by atoms with E-state index in [4.69, 9.17) is 17.3 Å². The van der Waals surface area contributed by atoms with E-state index in [-0.39, 0.29) is 6.04 Å². The summed E-state index contributed by atoms with van der Waals surface area (Å²) in [4.78, 5) is 0. The van der Waals surface area contributed by atoms with Gasteiger partial charge in [0.1, 0.15) is 0 Å². The minimum Gasteiger partial charge on any atom is -0.324 e. The molecule has 66 valence electrons. The molecule has 2 N–H and O–H groups in total. The summed E-state index contributed by atoms with van der Waals surface area (Å²) in [5, 5.41) is 0.782. The van der Waals surface area contributed by atoms with Gasteiger partial charge in [-0.15, -0.1) is 0 Å². The largest absolute Gasteiger partial charge is 0.324 e. The van der Waals surface area contributed by atoms with Crippen LogP contribution in [0.25, 0.3) is 0 Å². The molecule has 1 unspecified atom stereocenters. The zero-order chi connectivity index (χ0) is 9.14. The first kappa shape index (κ1) is 9.56. The molecule has 0 aromatic heterocycles. The third kappa shape index (κ3) is 1.79. The number of halogens is 1. The number of hydrogen-bond donors (Lipinski definition) is 1. The monoisotopic (exact) mass is 183 g/mol. The van der Waals surface area contributed by atoms with Crippen molar-refractivity contribution in [2.75, 3.05) is 0 Å². The Hall–Kier alpha value is -0.530. The molecule has 12 heavy (non-hydrogen) atoms. The Morgan fingerprint density at radius 3 is 2.67 bits per heavy atom. The zero-order valence-electron chi connectivity index (χ0n) is 7.47. The van der Waals surface area contributed by atoms with Gasteiger partial charge in [0, 0.05) is 11.1 Å². The number of aryl methyl sites for hydroxylation is 1. The van der Waals surface area contributed by atoms with Crippen LogP contribution in [-0.4, -0.2) is 0 Å². The molecular weight excluding hydrogens is 170 g/mol. The minimum absolute atomic E-state index is 0.0682. The van der Waals surface area contributed by atoms with Crippen molar-refractivity contribution < 1.29 is 0 Å². The van der Waals surface area contributed by atoms with E-state index in [1.54, 1.807) is 0 Å². The molecule has 0 aliphatic heterocycles. The van der Waals surface area contributed by atoms with E-state index in [1.807, 2.05) is 25.1 Å². The van der Waals surface area contributed by atoms with Crippen molar-refractivity contribution in [1.29, 1.82) is 0 Å². The Kier molecular flexibility index (Phi) is 3.12. The van der Waals surface area contributed by atoms with Crippen LogP contribution in [0.2, 0.25) is 5.02 Å². The average molecular weight is 184 g/mol. The summed E-state index contributed by atoms with van der Waals surface area (Å²) in [5.41, 5.74) is 8.17. The molecule has 0 saturated heterocycles. The molecule has 0 bridgehead atoms. The lowest BCUT2D eigenvalue weighted by Crippen LogP contribution is -2.10. The average Bonchev–Trinajstić information content (AvgIpc) is 2.03. The molecule has 0 heterocycles. The van der Waals surface area contributed by atoms with E-state index >= 15 is 0 Å². The van der Waals surface area contributed by atoms with Gasteiger partial charge in [-0.05, 0) is 30.5 Å². The Bertz CT molecular complexity index is 250. The van der Waals surface area contributed by atoms with E-state index in [0.717, 1.165) is 17.0 Å². The van der Waals surface area contributed by atoms with Gasteiger partial charge in [-0.1, -0.05) is 30.7 Å². The normalized spacial score (nSPS) is 13.0. The van der Waals surface area contributed by atoms with Gasteiger partial charge >= 0.3 is 0 Å². The first-order valence-corrected chi connectivity index (χ1v) is 4.55. The van der Waals surface area contributed by atoms with Crippen molar-refractivity contribution >= 4 is 11.6 Å². The van der Waals surface area contributed by atoms with Crippen LogP contribution < -0.4 is 5.73 Å². The van der Waals surface area contributed by atoms with E-state index in [9.17, 15) is 0 Å². The maximum atomic E-state index is 6.02. The fraction of sp³-hybridized carbons (Fsp3) is 0.400. The number of nitrogens with two attached hydrogens (primary N) is 1. The molecule has 0 spiro atoms. The van der Waals surface area contributed by atoms with Crippen LogP contribution in [0.4, 0.5) is 0 Å². The van der Waals surface area contributed by atoms with Gasteiger partial charge in [-0.2, -0.15) is 0 Å². The summed E-state index contributed by atoms with van der Waals surface area (Å²) in [7, 11) is 0. The molecule has 0 amide bonds. The van der Waals surface area contributed by atoms with Crippen molar-refractivity contribution in [3.8, 4) is 0 Å². The van der Waals surface area contributed by atoms with Gasteiger partial charge in [0.2, 0.25) is 0 Å². The van der Waals surface area contributed by atoms with Gasteiger partial charge in [0.25, 0.3) is 0 Å². The van der Waals surface area contributed by atoms with Crippen molar-refractivity contribution in [3.63, 3.8) is 0 Å². The Morgan fingerprint density at radius 1 is 1.50 bits per heavy atom. The van der Waals surface area contributed by atoms with Gasteiger partial charge < -0.3 is 5.73 Å². The molecule has 1 atom stereocenters. The highest BCUT2D eigenvalue weighted by molar-refractivity contribution is 6.31. The van der Waals surface area contributed by atoms with Crippen LogP contribution in [0.15, 0.2) is 18.2 Å².